The summed E-state index contributed by atoms with van der Waals surface area (Å²) in [6.45, 7) is -0.142. The molecule has 2 heterocycles. The molecule has 4 fully saturated rings. The van der Waals surface area contributed by atoms with Crippen LogP contribution in [0.2, 0.25) is 10.0 Å². The van der Waals surface area contributed by atoms with Gasteiger partial charge in [-0.3, -0.25) is 19.3 Å². The molecule has 3 saturated carbocycles. The Bertz CT molecular complexity index is 1150. The largest absolute Gasteiger partial charge is 0.469 e. The Balaban J connectivity index is 1.49. The van der Waals surface area contributed by atoms with Crippen molar-refractivity contribution in [1.82, 2.24) is 9.88 Å². The van der Waals surface area contributed by atoms with Gasteiger partial charge in [0.05, 0.1) is 17.5 Å². The van der Waals surface area contributed by atoms with Gasteiger partial charge in [0.1, 0.15) is 12.6 Å². The first kappa shape index (κ1) is 22.1. The van der Waals surface area contributed by atoms with E-state index in [1.165, 1.54) is 18.2 Å². The van der Waals surface area contributed by atoms with Crippen molar-refractivity contribution in [2.75, 3.05) is 18.6 Å². The summed E-state index contributed by atoms with van der Waals surface area (Å²) in [7, 11) is 1.34. The van der Waals surface area contributed by atoms with Gasteiger partial charge in [-0.1, -0.05) is 35.3 Å². The average molecular weight is 492 g/mol. The average Bonchev–Trinajstić information content (AvgIpc) is 2.72. The Labute approximate surface area is 199 Å². The number of halogens is 3. The summed E-state index contributed by atoms with van der Waals surface area (Å²) >= 11 is 11.8. The van der Waals surface area contributed by atoms with Gasteiger partial charge in [-0.25, -0.2) is 9.37 Å². The van der Waals surface area contributed by atoms with E-state index in [0.29, 0.717) is 24.3 Å². The second-order valence-corrected chi connectivity index (χ2v) is 9.97. The van der Waals surface area contributed by atoms with E-state index in [0.717, 1.165) is 16.5 Å². The molecular formula is C23H20Cl2FN3O4. The Kier molecular flexibility index (Phi) is 5.14. The minimum atomic E-state index is -0.849. The van der Waals surface area contributed by atoms with Crippen LogP contribution in [-0.2, 0) is 25.7 Å². The highest BCUT2D eigenvalue weighted by atomic mass is 35.5. The van der Waals surface area contributed by atoms with Gasteiger partial charge in [0.25, 0.3) is 5.91 Å². The lowest BCUT2D eigenvalue weighted by molar-refractivity contribution is -0.245. The molecule has 0 radical (unpaired) electrons. The number of nitrogens with zero attached hydrogens (tertiary/aromatic N) is 3. The maximum absolute atomic E-state index is 14.6. The van der Waals surface area contributed by atoms with Crippen LogP contribution >= 0.6 is 23.2 Å². The summed E-state index contributed by atoms with van der Waals surface area (Å²) in [5.41, 5.74) is -0.352. The van der Waals surface area contributed by atoms with Gasteiger partial charge in [0.15, 0.2) is 11.6 Å². The highest BCUT2D eigenvalue weighted by molar-refractivity contribution is 6.30. The molecule has 1 aromatic carbocycles. The van der Waals surface area contributed by atoms with Crippen molar-refractivity contribution >= 4 is 46.8 Å². The van der Waals surface area contributed by atoms with Crippen molar-refractivity contribution in [3.05, 3.63) is 58.0 Å². The fourth-order valence-corrected chi connectivity index (χ4v) is 5.93. The van der Waals surface area contributed by atoms with Crippen molar-refractivity contribution in [3.8, 4) is 0 Å². The first-order chi connectivity index (χ1) is 15.7. The zero-order valence-corrected chi connectivity index (χ0v) is 19.2. The molecular weight excluding hydrogens is 472 g/mol. The van der Waals surface area contributed by atoms with Crippen LogP contribution < -0.4 is 4.90 Å². The van der Waals surface area contributed by atoms with Gasteiger partial charge in [-0.05, 0) is 43.0 Å². The maximum atomic E-state index is 14.6. The standard InChI is InChI=1S/C23H20Cl2FN3O4/c1-33-21(32)23-10-22(11-23,12-23)18-20(31)29(19-16(26)6-15(25)7-27-19)9-17(30)28(18)8-13-2-4-14(24)5-3-13/h2-7,18H,8-12H2,1H3. The molecule has 2 amide bonds. The van der Waals surface area contributed by atoms with E-state index in [2.05, 4.69) is 4.98 Å². The number of hydrogen-bond acceptors (Lipinski definition) is 5. The van der Waals surface area contributed by atoms with Crippen LogP contribution in [0.15, 0.2) is 36.5 Å². The predicted octanol–water partition coefficient (Wildman–Crippen LogP) is 3.61. The zero-order chi connectivity index (χ0) is 23.5. The van der Waals surface area contributed by atoms with Crippen molar-refractivity contribution in [1.29, 1.82) is 0 Å². The monoisotopic (exact) mass is 491 g/mol. The Morgan fingerprint density at radius 1 is 1.18 bits per heavy atom. The van der Waals surface area contributed by atoms with Crippen LogP contribution in [0.3, 0.4) is 0 Å². The number of esters is 1. The number of rotatable bonds is 5. The number of benzene rings is 1. The third-order valence-electron chi connectivity index (χ3n) is 7.01. The van der Waals surface area contributed by atoms with E-state index < -0.39 is 28.6 Å². The molecule has 1 unspecified atom stereocenters. The highest BCUT2D eigenvalue weighted by Gasteiger charge is 2.77. The molecule has 172 valence electrons. The van der Waals surface area contributed by atoms with E-state index in [1.54, 1.807) is 24.3 Å². The second kappa shape index (κ2) is 7.67. The normalized spacial score (nSPS) is 28.3. The summed E-state index contributed by atoms with van der Waals surface area (Å²) in [6, 6.07) is 7.23. The van der Waals surface area contributed by atoms with Crippen LogP contribution in [0.1, 0.15) is 24.8 Å². The predicted molar refractivity (Wildman–Crippen MR) is 118 cm³/mol. The smallest absolute Gasteiger partial charge is 0.311 e. The Morgan fingerprint density at radius 2 is 1.85 bits per heavy atom. The van der Waals surface area contributed by atoms with Gasteiger partial charge >= 0.3 is 5.97 Å². The number of methoxy groups -OCH3 is 1. The summed E-state index contributed by atoms with van der Waals surface area (Å²) in [4.78, 5) is 45.8. The van der Waals surface area contributed by atoms with E-state index in [9.17, 15) is 18.8 Å². The fraction of sp³-hybridized carbons (Fsp3) is 0.391. The highest BCUT2D eigenvalue weighted by Crippen LogP contribution is 2.76. The molecule has 2 aromatic rings. The summed E-state index contributed by atoms with van der Waals surface area (Å²) in [5.74, 6) is -2.07. The van der Waals surface area contributed by atoms with E-state index in [-0.39, 0.29) is 35.8 Å². The molecule has 1 aromatic heterocycles. The Hall–Kier alpha value is -2.71. The lowest BCUT2D eigenvalue weighted by Crippen LogP contribution is -2.77. The number of aromatic nitrogens is 1. The molecule has 10 heteroatoms. The summed E-state index contributed by atoms with van der Waals surface area (Å²) in [5, 5.41) is 0.652. The third-order valence-corrected chi connectivity index (χ3v) is 7.46. The number of pyridine rings is 1. The fourth-order valence-electron chi connectivity index (χ4n) is 5.66. The van der Waals surface area contributed by atoms with Crippen molar-refractivity contribution in [3.63, 3.8) is 0 Å². The van der Waals surface area contributed by atoms with Crippen molar-refractivity contribution in [2.24, 2.45) is 10.8 Å². The van der Waals surface area contributed by atoms with Crippen LogP contribution in [-0.4, -0.2) is 47.4 Å². The molecule has 6 rings (SSSR count). The molecule has 0 spiro atoms. The lowest BCUT2D eigenvalue weighted by Gasteiger charge is -2.72. The van der Waals surface area contributed by atoms with Gasteiger partial charge in [0, 0.05) is 23.2 Å². The molecule has 0 N–H and O–H groups in total. The van der Waals surface area contributed by atoms with Gasteiger partial charge in [0.2, 0.25) is 5.91 Å². The number of carbonyl (C=O) groups excluding carboxylic acids is 3. The molecule has 1 aliphatic heterocycles. The number of ether oxygens (including phenoxy) is 1. The molecule has 1 atom stereocenters. The minimum absolute atomic E-state index is 0.0902. The van der Waals surface area contributed by atoms with Crippen LogP contribution in [0.25, 0.3) is 0 Å². The first-order valence-corrected chi connectivity index (χ1v) is 11.2. The summed E-state index contributed by atoms with van der Waals surface area (Å²) in [6.07, 6.45) is 2.56. The van der Waals surface area contributed by atoms with E-state index >= 15 is 0 Å². The van der Waals surface area contributed by atoms with Gasteiger partial charge < -0.3 is 9.64 Å². The molecule has 33 heavy (non-hydrogen) atoms. The molecule has 3 aliphatic carbocycles. The number of anilines is 1. The third kappa shape index (κ3) is 3.38. The number of piperazine rings is 1. The van der Waals surface area contributed by atoms with Crippen LogP contribution in [0.4, 0.5) is 10.2 Å². The van der Waals surface area contributed by atoms with Gasteiger partial charge in [-0.2, -0.15) is 0 Å². The van der Waals surface area contributed by atoms with Crippen LogP contribution in [0, 0.1) is 16.6 Å². The molecule has 1 saturated heterocycles. The van der Waals surface area contributed by atoms with Crippen LogP contribution in [0.5, 0.6) is 0 Å². The van der Waals surface area contributed by atoms with E-state index in [4.69, 9.17) is 27.9 Å². The number of amides is 2. The van der Waals surface area contributed by atoms with Crippen molar-refractivity contribution < 1.29 is 23.5 Å². The quantitative estimate of drug-likeness (QED) is 0.596. The topological polar surface area (TPSA) is 79.8 Å². The minimum Gasteiger partial charge on any atom is -0.469 e. The summed E-state index contributed by atoms with van der Waals surface area (Å²) < 4.78 is 19.5. The number of hydrogen-bond donors (Lipinski definition) is 0. The Morgan fingerprint density at radius 3 is 2.45 bits per heavy atom. The second-order valence-electron chi connectivity index (χ2n) is 9.10. The maximum Gasteiger partial charge on any atom is 0.311 e. The zero-order valence-electron chi connectivity index (χ0n) is 17.7. The molecule has 2 bridgehead atoms. The molecule has 4 aliphatic rings. The SMILES string of the molecule is COC(=O)C12CC(C3C(=O)N(c4ncc(Cl)cc4F)CC(=O)N3Cc3ccc(Cl)cc3)(C1)C2. The first-order valence-electron chi connectivity index (χ1n) is 10.4. The number of carbonyl (C=O) groups is 3. The van der Waals surface area contributed by atoms with Crippen molar-refractivity contribution in [2.45, 2.75) is 31.8 Å². The lowest BCUT2D eigenvalue weighted by atomic mass is 9.32. The van der Waals surface area contributed by atoms with E-state index in [1.807, 2.05) is 0 Å². The molecule has 7 nitrogen and oxygen atoms in total. The van der Waals surface area contributed by atoms with Gasteiger partial charge in [-0.15, -0.1) is 0 Å².